The lowest BCUT2D eigenvalue weighted by molar-refractivity contribution is 0.102. The van der Waals surface area contributed by atoms with E-state index in [1.165, 1.54) is 6.07 Å². The summed E-state index contributed by atoms with van der Waals surface area (Å²) in [6.07, 6.45) is 0. The molecule has 25 heavy (non-hydrogen) atoms. The number of rotatable bonds is 3. The highest BCUT2D eigenvalue weighted by molar-refractivity contribution is 6.03. The SMILES string of the molecule is Cc1nc(C(=O)Nc2ccc(F)cc2F)cc(N2CCN(C)CC2)n1. The highest BCUT2D eigenvalue weighted by Gasteiger charge is 2.19. The van der Waals surface area contributed by atoms with Gasteiger partial charge in [0.1, 0.15) is 29.0 Å². The number of halogens is 2. The van der Waals surface area contributed by atoms with Crippen molar-refractivity contribution in [3.8, 4) is 0 Å². The van der Waals surface area contributed by atoms with Crippen molar-refractivity contribution in [2.45, 2.75) is 6.92 Å². The Hall–Kier alpha value is -2.61. The molecule has 1 fully saturated rings. The summed E-state index contributed by atoms with van der Waals surface area (Å²) >= 11 is 0. The van der Waals surface area contributed by atoms with Crippen molar-refractivity contribution in [2.24, 2.45) is 0 Å². The molecule has 2 heterocycles. The van der Waals surface area contributed by atoms with E-state index in [2.05, 4.69) is 32.1 Å². The van der Waals surface area contributed by atoms with E-state index < -0.39 is 17.5 Å². The molecule has 1 aliphatic rings. The minimum absolute atomic E-state index is 0.0937. The van der Waals surface area contributed by atoms with Crippen molar-refractivity contribution in [1.82, 2.24) is 14.9 Å². The van der Waals surface area contributed by atoms with Crippen molar-refractivity contribution in [1.29, 1.82) is 0 Å². The van der Waals surface area contributed by atoms with E-state index >= 15 is 0 Å². The zero-order chi connectivity index (χ0) is 18.0. The van der Waals surface area contributed by atoms with Crippen LogP contribution in [-0.4, -0.2) is 54.0 Å². The molecule has 1 amide bonds. The van der Waals surface area contributed by atoms with Crippen LogP contribution in [0.25, 0.3) is 0 Å². The van der Waals surface area contributed by atoms with Gasteiger partial charge in [0.15, 0.2) is 0 Å². The minimum Gasteiger partial charge on any atom is -0.354 e. The maximum atomic E-state index is 13.7. The molecule has 0 spiro atoms. The summed E-state index contributed by atoms with van der Waals surface area (Å²) in [6.45, 7) is 5.13. The maximum Gasteiger partial charge on any atom is 0.274 e. The van der Waals surface area contributed by atoms with E-state index in [4.69, 9.17) is 0 Å². The monoisotopic (exact) mass is 347 g/mol. The summed E-state index contributed by atoms with van der Waals surface area (Å²) in [7, 11) is 2.05. The number of piperazine rings is 1. The molecular weight excluding hydrogens is 328 g/mol. The van der Waals surface area contributed by atoms with Gasteiger partial charge in [-0.2, -0.15) is 0 Å². The summed E-state index contributed by atoms with van der Waals surface area (Å²) in [5.74, 6) is -0.970. The van der Waals surface area contributed by atoms with Crippen molar-refractivity contribution < 1.29 is 13.6 Å². The molecule has 1 N–H and O–H groups in total. The van der Waals surface area contributed by atoms with Crippen molar-refractivity contribution >= 4 is 17.4 Å². The van der Waals surface area contributed by atoms with Crippen LogP contribution in [0.1, 0.15) is 16.3 Å². The Morgan fingerprint density at radius 3 is 2.52 bits per heavy atom. The van der Waals surface area contributed by atoms with E-state index in [0.717, 1.165) is 38.3 Å². The first kappa shape index (κ1) is 17.2. The topological polar surface area (TPSA) is 61.4 Å². The Balaban J connectivity index is 1.80. The molecule has 3 rings (SSSR count). The number of aryl methyl sites for hydroxylation is 1. The molecular formula is C17H19F2N5O. The molecule has 0 saturated carbocycles. The Morgan fingerprint density at radius 2 is 1.84 bits per heavy atom. The van der Waals surface area contributed by atoms with Gasteiger partial charge in [-0.05, 0) is 26.1 Å². The van der Waals surface area contributed by atoms with Gasteiger partial charge < -0.3 is 15.1 Å². The number of nitrogens with zero attached hydrogens (tertiary/aromatic N) is 4. The number of carbonyl (C=O) groups excluding carboxylic acids is 1. The molecule has 0 radical (unpaired) electrons. The number of aromatic nitrogens is 2. The van der Waals surface area contributed by atoms with Gasteiger partial charge in [-0.3, -0.25) is 4.79 Å². The van der Waals surface area contributed by atoms with Gasteiger partial charge in [-0.1, -0.05) is 0 Å². The molecule has 1 saturated heterocycles. The Morgan fingerprint density at radius 1 is 1.12 bits per heavy atom. The Labute approximate surface area is 144 Å². The third-order valence-corrected chi connectivity index (χ3v) is 4.06. The quantitative estimate of drug-likeness (QED) is 0.921. The Bertz CT molecular complexity index is 791. The summed E-state index contributed by atoms with van der Waals surface area (Å²) in [5.41, 5.74) is 0.0500. The van der Waals surface area contributed by atoms with Gasteiger partial charge in [0.25, 0.3) is 5.91 Å². The number of nitrogens with one attached hydrogen (secondary N) is 1. The van der Waals surface area contributed by atoms with E-state index in [9.17, 15) is 13.6 Å². The smallest absolute Gasteiger partial charge is 0.274 e. The van der Waals surface area contributed by atoms with Gasteiger partial charge in [0.05, 0.1) is 5.69 Å². The number of hydrogen-bond acceptors (Lipinski definition) is 5. The fourth-order valence-corrected chi connectivity index (χ4v) is 2.64. The van der Waals surface area contributed by atoms with Crippen LogP contribution in [0.2, 0.25) is 0 Å². The standard InChI is InChI=1S/C17H19F2N5O/c1-11-20-15(10-16(21-11)24-7-5-23(2)6-8-24)17(25)22-14-4-3-12(18)9-13(14)19/h3-4,9-10H,5-8H2,1-2H3,(H,22,25). The van der Waals surface area contributed by atoms with Crippen molar-refractivity contribution in [3.05, 3.63) is 47.4 Å². The van der Waals surface area contributed by atoms with E-state index in [1.54, 1.807) is 13.0 Å². The first-order valence-corrected chi connectivity index (χ1v) is 7.98. The molecule has 0 atom stereocenters. The lowest BCUT2D eigenvalue weighted by atomic mass is 10.2. The number of hydrogen-bond donors (Lipinski definition) is 1. The van der Waals surface area contributed by atoms with Gasteiger partial charge in [-0.25, -0.2) is 18.7 Å². The molecule has 0 unspecified atom stereocenters. The zero-order valence-corrected chi connectivity index (χ0v) is 14.1. The van der Waals surface area contributed by atoms with Gasteiger partial charge in [0, 0.05) is 38.3 Å². The van der Waals surface area contributed by atoms with E-state index in [-0.39, 0.29) is 11.4 Å². The van der Waals surface area contributed by atoms with E-state index in [0.29, 0.717) is 11.6 Å². The van der Waals surface area contributed by atoms with E-state index in [1.807, 2.05) is 0 Å². The number of likely N-dealkylation sites (N-methyl/N-ethyl adjacent to an activating group) is 1. The van der Waals surface area contributed by atoms with Crippen LogP contribution in [0.15, 0.2) is 24.3 Å². The Kier molecular flexibility index (Phi) is 4.89. The summed E-state index contributed by atoms with van der Waals surface area (Å²) in [4.78, 5) is 25.2. The predicted molar refractivity (Wildman–Crippen MR) is 90.8 cm³/mol. The molecule has 2 aromatic rings. The lowest BCUT2D eigenvalue weighted by Gasteiger charge is -2.33. The maximum absolute atomic E-state index is 13.7. The van der Waals surface area contributed by atoms with Crippen LogP contribution in [0.3, 0.4) is 0 Å². The predicted octanol–water partition coefficient (Wildman–Crippen LogP) is 2.07. The molecule has 8 heteroatoms. The number of carbonyl (C=O) groups is 1. The normalized spacial score (nSPS) is 15.3. The van der Waals surface area contributed by atoms with Gasteiger partial charge >= 0.3 is 0 Å². The van der Waals surface area contributed by atoms with Crippen LogP contribution in [0.5, 0.6) is 0 Å². The van der Waals surface area contributed by atoms with Crippen LogP contribution in [0, 0.1) is 18.6 Å². The summed E-state index contributed by atoms with van der Waals surface area (Å²) < 4.78 is 26.7. The first-order chi connectivity index (χ1) is 11.9. The van der Waals surface area contributed by atoms with Crippen molar-refractivity contribution in [2.75, 3.05) is 43.4 Å². The van der Waals surface area contributed by atoms with Crippen molar-refractivity contribution in [3.63, 3.8) is 0 Å². The van der Waals surface area contributed by atoms with Gasteiger partial charge in [-0.15, -0.1) is 0 Å². The fourth-order valence-electron chi connectivity index (χ4n) is 2.64. The highest BCUT2D eigenvalue weighted by Crippen LogP contribution is 2.18. The average molecular weight is 347 g/mol. The number of amides is 1. The summed E-state index contributed by atoms with van der Waals surface area (Å²) in [6, 6.07) is 4.57. The van der Waals surface area contributed by atoms with Crippen LogP contribution in [0.4, 0.5) is 20.3 Å². The number of anilines is 2. The first-order valence-electron chi connectivity index (χ1n) is 7.98. The summed E-state index contributed by atoms with van der Waals surface area (Å²) in [5, 5.41) is 2.42. The number of benzene rings is 1. The van der Waals surface area contributed by atoms with Crippen LogP contribution in [-0.2, 0) is 0 Å². The molecule has 1 aliphatic heterocycles. The molecule has 0 bridgehead atoms. The molecule has 132 valence electrons. The van der Waals surface area contributed by atoms with Crippen LogP contribution < -0.4 is 10.2 Å². The van der Waals surface area contributed by atoms with Crippen LogP contribution >= 0.6 is 0 Å². The second kappa shape index (κ2) is 7.10. The third kappa shape index (κ3) is 4.08. The zero-order valence-electron chi connectivity index (χ0n) is 14.1. The molecule has 6 nitrogen and oxygen atoms in total. The second-order valence-electron chi connectivity index (χ2n) is 6.03. The fraction of sp³-hybridized carbons (Fsp3) is 0.353. The third-order valence-electron chi connectivity index (χ3n) is 4.06. The largest absolute Gasteiger partial charge is 0.354 e. The molecule has 0 aliphatic carbocycles. The lowest BCUT2D eigenvalue weighted by Crippen LogP contribution is -2.45. The second-order valence-corrected chi connectivity index (χ2v) is 6.03. The highest BCUT2D eigenvalue weighted by atomic mass is 19.1. The minimum atomic E-state index is -0.835. The molecule has 1 aromatic heterocycles. The van der Waals surface area contributed by atoms with Gasteiger partial charge in [0.2, 0.25) is 0 Å². The average Bonchev–Trinajstić information content (AvgIpc) is 2.57. The molecule has 1 aromatic carbocycles.